The van der Waals surface area contributed by atoms with Crippen molar-refractivity contribution >= 4 is 11.3 Å². The van der Waals surface area contributed by atoms with Crippen LogP contribution < -0.4 is 0 Å². The summed E-state index contributed by atoms with van der Waals surface area (Å²) in [5, 5.41) is 16.0. The molecule has 0 fully saturated rings. The van der Waals surface area contributed by atoms with Crippen molar-refractivity contribution in [1.29, 1.82) is 0 Å². The maximum absolute atomic E-state index is 9.24. The Morgan fingerprint density at radius 2 is 1.96 bits per heavy atom. The van der Waals surface area contributed by atoms with Crippen LogP contribution in [0.2, 0.25) is 0 Å². The van der Waals surface area contributed by atoms with E-state index < -0.39 is 0 Å². The van der Waals surface area contributed by atoms with Crippen LogP contribution in [-0.2, 0) is 26.2 Å². The fourth-order valence-corrected chi connectivity index (χ4v) is 4.10. The lowest BCUT2D eigenvalue weighted by molar-refractivity contribution is 0.245. The standard InChI is InChI=1S/C20H26N4OS/c1-15-7-11-26-20(15)14-23(12-18-6-4-5-8-21-18)13-19-16(2)22-24(9-10-25)17(19)3/h4-8,11,25H,9-10,12-14H2,1-3H3. The Labute approximate surface area is 158 Å². The Morgan fingerprint density at radius 1 is 1.12 bits per heavy atom. The summed E-state index contributed by atoms with van der Waals surface area (Å²) in [6.45, 7) is 9.44. The van der Waals surface area contributed by atoms with Crippen LogP contribution in [0, 0.1) is 20.8 Å². The SMILES string of the molecule is Cc1ccsc1CN(Cc1ccccn1)Cc1c(C)nn(CCO)c1C. The fraction of sp³-hybridized carbons (Fsp3) is 0.400. The molecule has 0 aliphatic carbocycles. The summed E-state index contributed by atoms with van der Waals surface area (Å²) in [6.07, 6.45) is 1.85. The third kappa shape index (κ3) is 4.38. The minimum atomic E-state index is 0.105. The third-order valence-corrected chi connectivity index (χ3v) is 5.68. The number of pyridine rings is 1. The van der Waals surface area contributed by atoms with Crippen LogP contribution in [0.3, 0.4) is 0 Å². The molecule has 0 aromatic carbocycles. The second kappa shape index (κ2) is 8.58. The first kappa shape index (κ1) is 18.8. The quantitative estimate of drug-likeness (QED) is 0.660. The number of aliphatic hydroxyl groups excluding tert-OH is 1. The van der Waals surface area contributed by atoms with Gasteiger partial charge in [-0.1, -0.05) is 6.07 Å². The van der Waals surface area contributed by atoms with Crippen molar-refractivity contribution in [3.8, 4) is 0 Å². The fourth-order valence-electron chi connectivity index (χ4n) is 3.16. The molecule has 0 bridgehead atoms. The lowest BCUT2D eigenvalue weighted by Crippen LogP contribution is -2.23. The second-order valence-electron chi connectivity index (χ2n) is 6.59. The lowest BCUT2D eigenvalue weighted by Gasteiger charge is -2.22. The molecule has 0 saturated carbocycles. The maximum Gasteiger partial charge on any atom is 0.0644 e. The molecule has 0 atom stereocenters. The summed E-state index contributed by atoms with van der Waals surface area (Å²) >= 11 is 1.80. The van der Waals surface area contributed by atoms with Crippen LogP contribution in [0.15, 0.2) is 35.8 Å². The molecule has 0 aliphatic heterocycles. The van der Waals surface area contributed by atoms with Crippen LogP contribution >= 0.6 is 11.3 Å². The van der Waals surface area contributed by atoms with Gasteiger partial charge in [0.25, 0.3) is 0 Å². The Kier molecular flexibility index (Phi) is 6.19. The molecule has 3 aromatic heterocycles. The van der Waals surface area contributed by atoms with Gasteiger partial charge in [-0.25, -0.2) is 0 Å². The maximum atomic E-state index is 9.24. The number of aliphatic hydroxyl groups is 1. The normalized spacial score (nSPS) is 11.4. The van der Waals surface area contributed by atoms with Gasteiger partial charge in [0.05, 0.1) is 24.5 Å². The predicted octanol–water partition coefficient (Wildman–Crippen LogP) is 3.46. The first-order valence-electron chi connectivity index (χ1n) is 8.87. The molecule has 1 N–H and O–H groups in total. The van der Waals surface area contributed by atoms with Gasteiger partial charge < -0.3 is 5.11 Å². The molecule has 0 amide bonds. The average molecular weight is 371 g/mol. The van der Waals surface area contributed by atoms with E-state index in [1.165, 1.54) is 16.0 Å². The predicted molar refractivity (Wildman–Crippen MR) is 105 cm³/mol. The van der Waals surface area contributed by atoms with E-state index in [1.807, 2.05) is 29.9 Å². The zero-order valence-electron chi connectivity index (χ0n) is 15.6. The first-order valence-corrected chi connectivity index (χ1v) is 9.75. The summed E-state index contributed by atoms with van der Waals surface area (Å²) in [6, 6.07) is 8.23. The van der Waals surface area contributed by atoms with Crippen molar-refractivity contribution in [1.82, 2.24) is 19.7 Å². The van der Waals surface area contributed by atoms with E-state index in [0.717, 1.165) is 36.7 Å². The van der Waals surface area contributed by atoms with E-state index in [-0.39, 0.29) is 6.61 Å². The smallest absolute Gasteiger partial charge is 0.0644 e. The molecule has 0 unspecified atom stereocenters. The van der Waals surface area contributed by atoms with Gasteiger partial charge in [-0.15, -0.1) is 11.3 Å². The first-order chi connectivity index (χ1) is 12.6. The number of thiophene rings is 1. The van der Waals surface area contributed by atoms with Crippen molar-refractivity contribution in [2.24, 2.45) is 0 Å². The molecule has 138 valence electrons. The van der Waals surface area contributed by atoms with Crippen molar-refractivity contribution in [2.75, 3.05) is 6.61 Å². The van der Waals surface area contributed by atoms with Crippen molar-refractivity contribution in [3.05, 3.63) is 68.9 Å². The zero-order valence-corrected chi connectivity index (χ0v) is 16.5. The molecule has 3 aromatic rings. The van der Waals surface area contributed by atoms with E-state index in [4.69, 9.17) is 0 Å². The number of aromatic nitrogens is 3. The largest absolute Gasteiger partial charge is 0.394 e. The Bertz CT molecular complexity index is 841. The number of hydrogen-bond donors (Lipinski definition) is 1. The highest BCUT2D eigenvalue weighted by Gasteiger charge is 2.17. The van der Waals surface area contributed by atoms with Crippen molar-refractivity contribution < 1.29 is 5.11 Å². The van der Waals surface area contributed by atoms with Gasteiger partial charge in [-0.3, -0.25) is 14.6 Å². The van der Waals surface area contributed by atoms with Gasteiger partial charge in [0.2, 0.25) is 0 Å². The molecular formula is C20H26N4OS. The molecule has 6 heteroatoms. The van der Waals surface area contributed by atoms with E-state index in [2.05, 4.69) is 46.3 Å². The van der Waals surface area contributed by atoms with E-state index >= 15 is 0 Å². The second-order valence-corrected chi connectivity index (χ2v) is 7.59. The molecule has 3 rings (SSSR count). The minimum Gasteiger partial charge on any atom is -0.394 e. The van der Waals surface area contributed by atoms with Gasteiger partial charge in [0, 0.05) is 42.0 Å². The molecular weight excluding hydrogens is 344 g/mol. The third-order valence-electron chi connectivity index (χ3n) is 4.67. The van der Waals surface area contributed by atoms with Crippen LogP contribution in [0.1, 0.15) is 33.1 Å². The number of aryl methyl sites for hydroxylation is 2. The summed E-state index contributed by atoms with van der Waals surface area (Å²) in [5.74, 6) is 0. The summed E-state index contributed by atoms with van der Waals surface area (Å²) in [7, 11) is 0. The molecule has 5 nitrogen and oxygen atoms in total. The summed E-state index contributed by atoms with van der Waals surface area (Å²) in [4.78, 5) is 8.31. The van der Waals surface area contributed by atoms with Gasteiger partial charge in [-0.05, 0) is 49.9 Å². The Hall–Kier alpha value is -2.02. The molecule has 0 saturated heterocycles. The van der Waals surface area contributed by atoms with Crippen molar-refractivity contribution in [3.63, 3.8) is 0 Å². The summed E-state index contributed by atoms with van der Waals surface area (Å²) < 4.78 is 1.90. The van der Waals surface area contributed by atoms with Crippen LogP contribution in [0.4, 0.5) is 0 Å². The lowest BCUT2D eigenvalue weighted by atomic mass is 10.1. The summed E-state index contributed by atoms with van der Waals surface area (Å²) in [5.41, 5.74) is 5.81. The van der Waals surface area contributed by atoms with Crippen molar-refractivity contribution in [2.45, 2.75) is 47.0 Å². The van der Waals surface area contributed by atoms with E-state index in [0.29, 0.717) is 6.54 Å². The monoisotopic (exact) mass is 370 g/mol. The topological polar surface area (TPSA) is 54.2 Å². The van der Waals surface area contributed by atoms with Gasteiger partial charge in [-0.2, -0.15) is 5.10 Å². The highest BCUT2D eigenvalue weighted by Crippen LogP contribution is 2.22. The van der Waals surface area contributed by atoms with Crippen LogP contribution in [0.5, 0.6) is 0 Å². The van der Waals surface area contributed by atoms with Crippen LogP contribution in [-0.4, -0.2) is 31.4 Å². The van der Waals surface area contributed by atoms with Crippen LogP contribution in [0.25, 0.3) is 0 Å². The Morgan fingerprint density at radius 3 is 2.62 bits per heavy atom. The van der Waals surface area contributed by atoms with Gasteiger partial charge >= 0.3 is 0 Å². The Balaban J connectivity index is 1.84. The number of rotatable bonds is 8. The molecule has 0 radical (unpaired) electrons. The zero-order chi connectivity index (χ0) is 18.5. The minimum absolute atomic E-state index is 0.105. The average Bonchev–Trinajstić information content (AvgIpc) is 3.14. The number of nitrogens with zero attached hydrogens (tertiary/aromatic N) is 4. The molecule has 0 aliphatic rings. The van der Waals surface area contributed by atoms with E-state index in [1.54, 1.807) is 11.3 Å². The van der Waals surface area contributed by atoms with Gasteiger partial charge in [0.1, 0.15) is 0 Å². The molecule has 3 heterocycles. The van der Waals surface area contributed by atoms with Gasteiger partial charge in [0.15, 0.2) is 0 Å². The highest BCUT2D eigenvalue weighted by atomic mass is 32.1. The number of hydrogen-bond acceptors (Lipinski definition) is 5. The molecule has 26 heavy (non-hydrogen) atoms. The highest BCUT2D eigenvalue weighted by molar-refractivity contribution is 7.10. The van der Waals surface area contributed by atoms with E-state index in [9.17, 15) is 5.11 Å². The molecule has 0 spiro atoms.